The van der Waals surface area contributed by atoms with E-state index in [1.54, 1.807) is 0 Å². The van der Waals surface area contributed by atoms with Crippen LogP contribution in [0.1, 0.15) is 107 Å². The maximum atomic E-state index is 14.3. The zero-order valence-electron chi connectivity index (χ0n) is 19.3. The molecule has 1 nitrogen and oxygen atoms in total. The lowest BCUT2D eigenvalue weighted by atomic mass is 9.68. The van der Waals surface area contributed by atoms with Crippen LogP contribution in [0.5, 0.6) is 0 Å². The Bertz CT molecular complexity index is 692. The van der Waals surface area contributed by atoms with E-state index in [4.69, 9.17) is 0 Å². The van der Waals surface area contributed by atoms with Crippen LogP contribution in [0, 0.1) is 17.8 Å². The molecule has 1 aromatic rings. The van der Waals surface area contributed by atoms with Crippen LogP contribution in [0.15, 0.2) is 35.9 Å². The van der Waals surface area contributed by atoms with E-state index in [0.717, 1.165) is 31.6 Å². The van der Waals surface area contributed by atoms with Gasteiger partial charge in [0.2, 0.25) is 0 Å². The average molecular weight is 431 g/mol. The van der Waals surface area contributed by atoms with Crippen molar-refractivity contribution < 1.29 is 13.6 Å². The van der Waals surface area contributed by atoms with Gasteiger partial charge in [-0.05, 0) is 93.1 Å². The molecule has 2 aliphatic rings. The third kappa shape index (κ3) is 6.99. The van der Waals surface area contributed by atoms with Crippen LogP contribution in [0.3, 0.4) is 0 Å². The first-order valence-electron chi connectivity index (χ1n) is 12.7. The smallest absolute Gasteiger partial charge is 0.134 e. The number of benzene rings is 1. The van der Waals surface area contributed by atoms with Gasteiger partial charge < -0.3 is 4.79 Å². The van der Waals surface area contributed by atoms with Crippen LogP contribution in [0.25, 0.3) is 0 Å². The molecule has 172 valence electrons. The van der Waals surface area contributed by atoms with E-state index in [1.165, 1.54) is 62.5 Å². The molecule has 2 fully saturated rings. The Morgan fingerprint density at radius 1 is 0.903 bits per heavy atom. The van der Waals surface area contributed by atoms with Crippen LogP contribution in [-0.2, 0) is 11.2 Å². The highest BCUT2D eigenvalue weighted by Crippen LogP contribution is 2.45. The summed E-state index contributed by atoms with van der Waals surface area (Å²) in [4.78, 5) is 10.4. The van der Waals surface area contributed by atoms with Gasteiger partial charge in [-0.1, -0.05) is 44.0 Å². The Morgan fingerprint density at radius 2 is 1.52 bits per heavy atom. The van der Waals surface area contributed by atoms with Crippen LogP contribution < -0.4 is 0 Å². The lowest BCUT2D eigenvalue weighted by Crippen LogP contribution is -2.25. The quantitative estimate of drug-likeness (QED) is 0.268. The van der Waals surface area contributed by atoms with Gasteiger partial charge in [0.25, 0.3) is 0 Å². The molecule has 2 aliphatic carbocycles. The molecule has 2 saturated carbocycles. The van der Waals surface area contributed by atoms with Gasteiger partial charge in [-0.25, -0.2) is 8.78 Å². The van der Waals surface area contributed by atoms with Gasteiger partial charge in [0.05, 0.1) is 0 Å². The van der Waals surface area contributed by atoms with Crippen LogP contribution in [-0.4, -0.2) is 6.29 Å². The molecule has 0 radical (unpaired) electrons. The highest BCUT2D eigenvalue weighted by molar-refractivity contribution is 5.49. The van der Waals surface area contributed by atoms with Gasteiger partial charge in [-0.2, -0.15) is 0 Å². The normalized spacial score (nSPS) is 27.6. The molecule has 0 aliphatic heterocycles. The van der Waals surface area contributed by atoms with Gasteiger partial charge in [0, 0.05) is 18.8 Å². The molecule has 0 spiro atoms. The number of hydrogen-bond donors (Lipinski definition) is 0. The lowest BCUT2D eigenvalue weighted by Gasteiger charge is -2.37. The second-order valence-corrected chi connectivity index (χ2v) is 9.88. The number of aldehydes is 1. The second kappa shape index (κ2) is 12.5. The first-order chi connectivity index (χ1) is 15.1. The highest BCUT2D eigenvalue weighted by atomic mass is 19.2. The Labute approximate surface area is 187 Å². The van der Waals surface area contributed by atoms with E-state index < -0.39 is 11.7 Å². The summed E-state index contributed by atoms with van der Waals surface area (Å²) in [6.45, 7) is 2.25. The minimum absolute atomic E-state index is 0.0689. The van der Waals surface area contributed by atoms with Crippen molar-refractivity contribution in [2.45, 2.75) is 103 Å². The fraction of sp³-hybridized carbons (Fsp3) is 0.679. The molecular weight excluding hydrogens is 390 g/mol. The predicted molar refractivity (Wildman–Crippen MR) is 124 cm³/mol. The molecule has 0 bridgehead atoms. The summed E-state index contributed by atoms with van der Waals surface area (Å²) < 4.78 is 28.2. The minimum atomic E-state index is -0.701. The van der Waals surface area contributed by atoms with Crippen LogP contribution >= 0.6 is 0 Å². The van der Waals surface area contributed by atoms with Crippen molar-refractivity contribution in [3.05, 3.63) is 47.0 Å². The van der Waals surface area contributed by atoms with Crippen LogP contribution in [0.2, 0.25) is 0 Å². The highest BCUT2D eigenvalue weighted by Gasteiger charge is 2.33. The number of rotatable bonds is 10. The van der Waals surface area contributed by atoms with E-state index >= 15 is 0 Å². The van der Waals surface area contributed by atoms with Crippen molar-refractivity contribution in [1.82, 2.24) is 0 Å². The number of aryl methyl sites for hydroxylation is 1. The zero-order chi connectivity index (χ0) is 22.1. The number of allylic oxidation sites excluding steroid dienone is 2. The average Bonchev–Trinajstić information content (AvgIpc) is 2.83. The number of hydrogen-bond acceptors (Lipinski definition) is 1. The van der Waals surface area contributed by atoms with E-state index in [9.17, 15) is 13.6 Å². The number of carbonyl (C=O) groups excluding carboxylic acids is 1. The maximum absolute atomic E-state index is 14.3. The molecule has 0 heterocycles. The summed E-state index contributed by atoms with van der Waals surface area (Å²) in [5.41, 5.74) is 2.96. The summed E-state index contributed by atoms with van der Waals surface area (Å²) in [5.74, 6) is 0.552. The van der Waals surface area contributed by atoms with E-state index in [2.05, 4.69) is 31.2 Å². The van der Waals surface area contributed by atoms with E-state index in [-0.39, 0.29) is 18.8 Å². The number of unbranched alkanes of at least 4 members (excludes halogenated alkanes) is 2. The fourth-order valence-electron chi connectivity index (χ4n) is 5.83. The molecule has 0 unspecified atom stereocenters. The van der Waals surface area contributed by atoms with Crippen molar-refractivity contribution in [2.75, 3.05) is 0 Å². The Morgan fingerprint density at radius 3 is 2.10 bits per heavy atom. The van der Waals surface area contributed by atoms with Gasteiger partial charge >= 0.3 is 0 Å². The Balaban J connectivity index is 1.43. The first-order valence-corrected chi connectivity index (χ1v) is 12.7. The monoisotopic (exact) mass is 430 g/mol. The molecule has 0 amide bonds. The Kier molecular flexibility index (Phi) is 9.74. The zero-order valence-corrected chi connectivity index (χ0v) is 19.3. The van der Waals surface area contributed by atoms with Gasteiger partial charge in [0.15, 0.2) is 0 Å². The van der Waals surface area contributed by atoms with Gasteiger partial charge in [-0.3, -0.25) is 0 Å². The standard InChI is InChI=1S/C28H40F2O/c1-2-3-4-6-21-8-10-22(11-9-21)23-12-14-24(15-13-23)25-16-18-26(19-17-25)28(30)27(29)7-5-20-31/h8-11,20,23-26H,2-7,12-19H2,1H3/b28-27+. The molecule has 0 atom stereocenters. The van der Waals surface area contributed by atoms with Crippen molar-refractivity contribution >= 4 is 6.29 Å². The van der Waals surface area contributed by atoms with Crippen molar-refractivity contribution in [1.29, 1.82) is 0 Å². The van der Waals surface area contributed by atoms with Crippen molar-refractivity contribution in [2.24, 2.45) is 17.8 Å². The van der Waals surface area contributed by atoms with E-state index in [0.29, 0.717) is 18.1 Å². The molecular formula is C28H40F2O. The van der Waals surface area contributed by atoms with E-state index in [1.807, 2.05) is 0 Å². The minimum Gasteiger partial charge on any atom is -0.303 e. The third-order valence-electron chi connectivity index (χ3n) is 7.83. The molecule has 31 heavy (non-hydrogen) atoms. The predicted octanol–water partition coefficient (Wildman–Crippen LogP) is 8.63. The summed E-state index contributed by atoms with van der Waals surface area (Å²) in [6.07, 6.45) is 14.3. The molecule has 0 saturated heterocycles. The largest absolute Gasteiger partial charge is 0.303 e. The summed E-state index contributed by atoms with van der Waals surface area (Å²) in [6, 6.07) is 9.36. The lowest BCUT2D eigenvalue weighted by molar-refractivity contribution is -0.107. The topological polar surface area (TPSA) is 17.1 Å². The van der Waals surface area contributed by atoms with Crippen LogP contribution in [0.4, 0.5) is 8.78 Å². The fourth-order valence-corrected chi connectivity index (χ4v) is 5.83. The Hall–Kier alpha value is -1.51. The molecule has 3 heteroatoms. The summed E-state index contributed by atoms with van der Waals surface area (Å²) >= 11 is 0. The van der Waals surface area contributed by atoms with Crippen molar-refractivity contribution in [3.63, 3.8) is 0 Å². The summed E-state index contributed by atoms with van der Waals surface area (Å²) in [7, 11) is 0. The number of halogens is 2. The number of carbonyl (C=O) groups is 1. The van der Waals surface area contributed by atoms with Crippen molar-refractivity contribution in [3.8, 4) is 0 Å². The molecule has 3 rings (SSSR count). The first kappa shape index (κ1) is 24.1. The maximum Gasteiger partial charge on any atom is 0.134 e. The van der Waals surface area contributed by atoms with Gasteiger partial charge in [0.1, 0.15) is 17.9 Å². The second-order valence-electron chi connectivity index (χ2n) is 9.88. The SMILES string of the molecule is CCCCCc1ccc(C2CCC(C3CCC(/C(F)=C(\F)CCC=O)CC3)CC2)cc1. The molecule has 0 aromatic heterocycles. The van der Waals surface area contributed by atoms with Gasteiger partial charge in [-0.15, -0.1) is 0 Å². The molecule has 1 aromatic carbocycles. The molecule has 0 N–H and O–H groups in total. The summed E-state index contributed by atoms with van der Waals surface area (Å²) in [5, 5.41) is 0. The third-order valence-corrected chi connectivity index (χ3v) is 7.83.